The van der Waals surface area contributed by atoms with E-state index in [2.05, 4.69) is 10.1 Å². The highest BCUT2D eigenvalue weighted by Crippen LogP contribution is 2.41. The molecule has 0 aromatic carbocycles. The molecule has 1 spiro atoms. The highest BCUT2D eigenvalue weighted by atomic mass is 19.1. The summed E-state index contributed by atoms with van der Waals surface area (Å²) in [6, 6.07) is 2.85. The van der Waals surface area contributed by atoms with E-state index in [1.807, 2.05) is 6.92 Å². The molecule has 0 saturated carbocycles. The molecule has 0 aliphatic carbocycles. The summed E-state index contributed by atoms with van der Waals surface area (Å²) in [5.74, 6) is 0.174. The Kier molecular flexibility index (Phi) is 5.05. The molecule has 2 aliphatic rings. The van der Waals surface area contributed by atoms with Crippen LogP contribution in [0.4, 0.5) is 4.39 Å². The van der Waals surface area contributed by atoms with Crippen molar-refractivity contribution >= 4 is 5.91 Å². The largest absolute Gasteiger partial charge is 0.475 e. The molecule has 8 heteroatoms. The van der Waals surface area contributed by atoms with Crippen LogP contribution < -0.4 is 4.74 Å². The minimum atomic E-state index is -0.479. The van der Waals surface area contributed by atoms with Crippen LogP contribution in [0.1, 0.15) is 41.6 Å². The van der Waals surface area contributed by atoms with Crippen LogP contribution in [0.15, 0.2) is 22.9 Å². The smallest absolute Gasteiger partial charge is 0.259 e. The number of hydrogen-bond donors (Lipinski definition) is 0. The molecule has 0 unspecified atom stereocenters. The maximum absolute atomic E-state index is 13.7. The Labute approximate surface area is 162 Å². The average molecular weight is 389 g/mol. The molecule has 4 rings (SSSR count). The number of aryl methyl sites for hydroxylation is 2. The van der Waals surface area contributed by atoms with Crippen LogP contribution in [0.2, 0.25) is 0 Å². The van der Waals surface area contributed by atoms with Gasteiger partial charge in [-0.1, -0.05) is 12.1 Å². The Bertz CT molecular complexity index is 863. The molecule has 1 amide bonds. The van der Waals surface area contributed by atoms with Crippen molar-refractivity contribution in [3.05, 3.63) is 41.2 Å². The Balaban J connectivity index is 1.40. The molecule has 2 aliphatic heterocycles. The highest BCUT2D eigenvalue weighted by molar-refractivity contribution is 5.96. The molecular formula is C20H24FN3O4. The topological polar surface area (TPSA) is 77.7 Å². The average Bonchev–Trinajstić information content (AvgIpc) is 3.23. The second-order valence-electron chi connectivity index (χ2n) is 7.48. The quantitative estimate of drug-likeness (QED) is 0.756. The third kappa shape index (κ3) is 3.26. The lowest BCUT2D eigenvalue weighted by atomic mass is 9.81. The van der Waals surface area contributed by atoms with E-state index >= 15 is 0 Å². The molecule has 2 fully saturated rings. The van der Waals surface area contributed by atoms with Gasteiger partial charge in [-0.05, 0) is 31.9 Å². The predicted octanol–water partition coefficient (Wildman–Crippen LogP) is 2.78. The fourth-order valence-electron chi connectivity index (χ4n) is 4.02. The highest BCUT2D eigenvalue weighted by Gasteiger charge is 2.55. The molecule has 2 aromatic heterocycles. The van der Waals surface area contributed by atoms with Crippen LogP contribution in [-0.2, 0) is 11.2 Å². The van der Waals surface area contributed by atoms with Crippen LogP contribution >= 0.6 is 0 Å². The van der Waals surface area contributed by atoms with E-state index in [4.69, 9.17) is 14.0 Å². The van der Waals surface area contributed by atoms with Gasteiger partial charge in [-0.2, -0.15) is 0 Å². The van der Waals surface area contributed by atoms with E-state index in [9.17, 15) is 9.18 Å². The molecular weight excluding hydrogens is 365 g/mol. The van der Waals surface area contributed by atoms with Gasteiger partial charge in [-0.3, -0.25) is 4.79 Å². The first kappa shape index (κ1) is 18.9. The van der Waals surface area contributed by atoms with Gasteiger partial charge in [0.05, 0.1) is 25.4 Å². The number of amides is 1. The van der Waals surface area contributed by atoms with Gasteiger partial charge < -0.3 is 18.9 Å². The van der Waals surface area contributed by atoms with Crippen molar-refractivity contribution in [1.82, 2.24) is 15.0 Å². The standard InChI is InChI=1S/C20H24FN3O4/c1-3-5-16-17(13(2)23-28-16)19(25)24-11-20(12-24)14(7-9-27-20)10-26-18-15(21)6-4-8-22-18/h4,6,8,14H,3,5,7,9-12H2,1-2H3/t14-/m1/s1. The number of carbonyl (C=O) groups is 1. The zero-order valence-corrected chi connectivity index (χ0v) is 16.1. The summed E-state index contributed by atoms with van der Waals surface area (Å²) in [6.45, 7) is 5.71. The van der Waals surface area contributed by atoms with Crippen LogP contribution in [0.3, 0.4) is 0 Å². The van der Waals surface area contributed by atoms with Gasteiger partial charge in [0, 0.05) is 25.1 Å². The van der Waals surface area contributed by atoms with Gasteiger partial charge in [0.25, 0.3) is 5.91 Å². The number of ether oxygens (including phenoxy) is 2. The lowest BCUT2D eigenvalue weighted by Gasteiger charge is -2.50. The first-order valence-corrected chi connectivity index (χ1v) is 9.66. The zero-order valence-electron chi connectivity index (χ0n) is 16.1. The number of pyridine rings is 1. The third-order valence-corrected chi connectivity index (χ3v) is 5.57. The van der Waals surface area contributed by atoms with Gasteiger partial charge in [0.15, 0.2) is 5.82 Å². The lowest BCUT2D eigenvalue weighted by Crippen LogP contribution is -2.66. The van der Waals surface area contributed by atoms with E-state index in [-0.39, 0.29) is 17.7 Å². The van der Waals surface area contributed by atoms with Crippen molar-refractivity contribution in [2.24, 2.45) is 5.92 Å². The number of halogens is 1. The first-order chi connectivity index (χ1) is 13.5. The minimum absolute atomic E-state index is 0.00103. The number of nitrogens with zero attached hydrogens (tertiary/aromatic N) is 3. The molecule has 1 atom stereocenters. The number of likely N-dealkylation sites (tertiary alicyclic amines) is 1. The fourth-order valence-corrected chi connectivity index (χ4v) is 4.02. The molecule has 0 bridgehead atoms. The van der Waals surface area contributed by atoms with Crippen molar-refractivity contribution in [3.8, 4) is 5.88 Å². The van der Waals surface area contributed by atoms with Gasteiger partial charge in [-0.15, -0.1) is 0 Å². The maximum Gasteiger partial charge on any atom is 0.259 e. The summed E-state index contributed by atoms with van der Waals surface area (Å²) >= 11 is 0. The van der Waals surface area contributed by atoms with E-state index in [0.29, 0.717) is 49.7 Å². The Morgan fingerprint density at radius 3 is 3.04 bits per heavy atom. The molecule has 2 saturated heterocycles. The summed E-state index contributed by atoms with van der Waals surface area (Å²) in [5.41, 5.74) is 0.752. The van der Waals surface area contributed by atoms with E-state index in [1.54, 1.807) is 11.8 Å². The third-order valence-electron chi connectivity index (χ3n) is 5.57. The second-order valence-corrected chi connectivity index (χ2v) is 7.48. The summed E-state index contributed by atoms with van der Waals surface area (Å²) in [7, 11) is 0. The SMILES string of the molecule is CCCc1onc(C)c1C(=O)N1CC2(C1)OCC[C@@H]2COc1ncccc1F. The molecule has 4 heterocycles. The molecule has 28 heavy (non-hydrogen) atoms. The van der Waals surface area contributed by atoms with Crippen LogP contribution in [0.5, 0.6) is 5.88 Å². The fraction of sp³-hybridized carbons (Fsp3) is 0.550. The molecule has 150 valence electrons. The molecule has 0 radical (unpaired) electrons. The monoisotopic (exact) mass is 389 g/mol. The van der Waals surface area contributed by atoms with Gasteiger partial charge in [0.1, 0.15) is 16.9 Å². The van der Waals surface area contributed by atoms with E-state index in [1.165, 1.54) is 18.3 Å². The van der Waals surface area contributed by atoms with Crippen molar-refractivity contribution < 1.29 is 23.2 Å². The van der Waals surface area contributed by atoms with Crippen molar-refractivity contribution in [2.75, 3.05) is 26.3 Å². The number of aromatic nitrogens is 2. The van der Waals surface area contributed by atoms with Gasteiger partial charge in [-0.25, -0.2) is 9.37 Å². The van der Waals surface area contributed by atoms with Crippen molar-refractivity contribution in [1.29, 1.82) is 0 Å². The second kappa shape index (κ2) is 7.50. The number of hydrogen-bond acceptors (Lipinski definition) is 6. The van der Waals surface area contributed by atoms with Crippen LogP contribution in [-0.4, -0.2) is 52.9 Å². The van der Waals surface area contributed by atoms with Crippen molar-refractivity contribution in [2.45, 2.75) is 38.7 Å². The van der Waals surface area contributed by atoms with Crippen LogP contribution in [0.25, 0.3) is 0 Å². The summed E-state index contributed by atoms with van der Waals surface area (Å²) in [4.78, 5) is 18.6. The lowest BCUT2D eigenvalue weighted by molar-refractivity contribution is -0.122. The Hall–Kier alpha value is -2.48. The zero-order chi connectivity index (χ0) is 19.7. The molecule has 0 N–H and O–H groups in total. The first-order valence-electron chi connectivity index (χ1n) is 9.66. The van der Waals surface area contributed by atoms with E-state index in [0.717, 1.165) is 12.8 Å². The van der Waals surface area contributed by atoms with E-state index < -0.39 is 11.4 Å². The van der Waals surface area contributed by atoms with Crippen LogP contribution in [0, 0.1) is 18.7 Å². The Morgan fingerprint density at radius 1 is 1.46 bits per heavy atom. The summed E-state index contributed by atoms with van der Waals surface area (Å²) in [5, 5.41) is 3.96. The summed E-state index contributed by atoms with van der Waals surface area (Å²) in [6.07, 6.45) is 3.87. The van der Waals surface area contributed by atoms with Crippen molar-refractivity contribution in [3.63, 3.8) is 0 Å². The predicted molar refractivity (Wildman–Crippen MR) is 97.6 cm³/mol. The minimum Gasteiger partial charge on any atom is -0.475 e. The maximum atomic E-state index is 13.7. The molecule has 7 nitrogen and oxygen atoms in total. The summed E-state index contributed by atoms with van der Waals surface area (Å²) < 4.78 is 30.6. The Morgan fingerprint density at radius 2 is 2.29 bits per heavy atom. The number of carbonyl (C=O) groups excluding carboxylic acids is 1. The number of rotatable bonds is 6. The van der Waals surface area contributed by atoms with Gasteiger partial charge >= 0.3 is 0 Å². The normalized spacial score (nSPS) is 20.4. The molecule has 2 aromatic rings. The van der Waals surface area contributed by atoms with Gasteiger partial charge in [0.2, 0.25) is 5.88 Å².